The quantitative estimate of drug-likeness (QED) is 0.687. The molecule has 0 radical (unpaired) electrons. The number of fused-ring (bicyclic) bond motifs is 2. The summed E-state index contributed by atoms with van der Waals surface area (Å²) in [5.41, 5.74) is 11.5. The Morgan fingerprint density at radius 3 is 2.83 bits per heavy atom. The van der Waals surface area contributed by atoms with Gasteiger partial charge in [0, 0.05) is 49.4 Å². The number of rotatable bonds is 2. The Kier molecular flexibility index (Phi) is 5.49. The number of aliphatic imine (C=N–C) groups is 1. The molecule has 35 heavy (non-hydrogen) atoms. The van der Waals surface area contributed by atoms with Crippen molar-refractivity contribution in [3.05, 3.63) is 41.3 Å². The van der Waals surface area contributed by atoms with E-state index in [4.69, 9.17) is 25.4 Å². The molecule has 1 amide bonds. The first-order chi connectivity index (χ1) is 16.9. The Hall–Kier alpha value is -3.04. The van der Waals surface area contributed by atoms with Gasteiger partial charge >= 0.3 is 0 Å². The van der Waals surface area contributed by atoms with Crippen molar-refractivity contribution in [3.63, 3.8) is 0 Å². The van der Waals surface area contributed by atoms with Crippen molar-refractivity contribution in [1.82, 2.24) is 9.97 Å². The van der Waals surface area contributed by atoms with Crippen LogP contribution < -0.4 is 20.9 Å². The maximum Gasteiger partial charge on any atom is 0.221 e. The zero-order chi connectivity index (χ0) is 24.2. The van der Waals surface area contributed by atoms with Gasteiger partial charge in [-0.25, -0.2) is 9.97 Å². The molecule has 184 valence electrons. The summed E-state index contributed by atoms with van der Waals surface area (Å²) in [6, 6.07) is 6.15. The molecular weight excluding hydrogens is 442 g/mol. The Balaban J connectivity index is 1.21. The van der Waals surface area contributed by atoms with Gasteiger partial charge < -0.3 is 25.6 Å². The van der Waals surface area contributed by atoms with Crippen molar-refractivity contribution in [1.29, 1.82) is 0 Å². The fourth-order valence-corrected chi connectivity index (χ4v) is 6.11. The van der Waals surface area contributed by atoms with Crippen LogP contribution in [-0.2, 0) is 22.5 Å². The minimum absolute atomic E-state index is 0.0574. The van der Waals surface area contributed by atoms with E-state index >= 15 is 0 Å². The van der Waals surface area contributed by atoms with Crippen LogP contribution in [0.15, 0.2) is 29.4 Å². The third-order valence-electron chi connectivity index (χ3n) is 8.17. The number of ether oxygens (including phenoxy) is 1. The van der Waals surface area contributed by atoms with Crippen molar-refractivity contribution in [2.45, 2.75) is 58.2 Å². The van der Waals surface area contributed by atoms with Crippen molar-refractivity contribution < 1.29 is 9.53 Å². The molecule has 3 N–H and O–H groups in total. The lowest BCUT2D eigenvalue weighted by Gasteiger charge is -2.41. The van der Waals surface area contributed by atoms with Crippen LogP contribution in [0.2, 0.25) is 0 Å². The molecule has 2 fully saturated rings. The Morgan fingerprint density at radius 1 is 1.26 bits per heavy atom. The minimum atomic E-state index is -0.0574. The zero-order valence-electron chi connectivity index (χ0n) is 20.5. The second-order valence-corrected chi connectivity index (χ2v) is 10.3. The smallest absolute Gasteiger partial charge is 0.221 e. The number of anilines is 3. The highest BCUT2D eigenvalue weighted by atomic mass is 16.5. The average Bonchev–Trinajstić information content (AvgIpc) is 3.41. The second kappa shape index (κ2) is 8.57. The molecule has 0 bridgehead atoms. The SMILES string of the molecule is CC(=O)Nc1cccc2c1CCCN2C1=NCc2nc(N3CCC4(CC3)CO[C@@H](C)[C@H]4N)cnc21. The van der Waals surface area contributed by atoms with Crippen LogP contribution in [0.3, 0.4) is 0 Å². The van der Waals surface area contributed by atoms with Gasteiger partial charge in [-0.15, -0.1) is 0 Å². The average molecular weight is 476 g/mol. The van der Waals surface area contributed by atoms with E-state index in [1.165, 1.54) is 0 Å². The third kappa shape index (κ3) is 3.77. The normalized spacial score (nSPS) is 24.8. The first-order valence-corrected chi connectivity index (χ1v) is 12.7. The minimum Gasteiger partial charge on any atom is -0.376 e. The fourth-order valence-electron chi connectivity index (χ4n) is 6.11. The Morgan fingerprint density at radius 2 is 2.09 bits per heavy atom. The van der Waals surface area contributed by atoms with Gasteiger partial charge in [0.05, 0.1) is 31.1 Å². The lowest BCUT2D eigenvalue weighted by Crippen LogP contribution is -2.50. The standard InChI is InChI=1S/C26H33N7O2/c1-16-24(27)26(15-35-16)8-11-32(12-9-26)22-14-28-23-20(31-22)13-29-25(23)33-10-4-5-18-19(30-17(2)34)6-3-7-21(18)33/h3,6-7,14,16,24H,4-5,8-13,15,27H2,1-2H3,(H,30,34)/t16-,24+/m0/s1. The molecule has 4 aliphatic rings. The van der Waals surface area contributed by atoms with Crippen molar-refractivity contribution in [3.8, 4) is 0 Å². The number of nitrogens with two attached hydrogens (primary N) is 1. The fraction of sp³-hybridized carbons (Fsp3) is 0.538. The van der Waals surface area contributed by atoms with Gasteiger partial charge in [0.2, 0.25) is 5.91 Å². The van der Waals surface area contributed by atoms with Gasteiger partial charge in [-0.05, 0) is 50.3 Å². The van der Waals surface area contributed by atoms with Gasteiger partial charge in [0.15, 0.2) is 5.84 Å². The predicted molar refractivity (Wildman–Crippen MR) is 136 cm³/mol. The van der Waals surface area contributed by atoms with Crippen LogP contribution >= 0.6 is 0 Å². The summed E-state index contributed by atoms with van der Waals surface area (Å²) in [6.45, 7) is 7.62. The Bertz CT molecular complexity index is 1190. The first-order valence-electron chi connectivity index (χ1n) is 12.7. The molecule has 0 unspecified atom stereocenters. The molecule has 5 heterocycles. The largest absolute Gasteiger partial charge is 0.376 e. The van der Waals surface area contributed by atoms with E-state index in [2.05, 4.69) is 28.1 Å². The van der Waals surface area contributed by atoms with Crippen LogP contribution in [0.4, 0.5) is 17.2 Å². The summed E-state index contributed by atoms with van der Waals surface area (Å²) in [6.07, 6.45) is 5.97. The summed E-state index contributed by atoms with van der Waals surface area (Å²) >= 11 is 0. The van der Waals surface area contributed by atoms with E-state index in [9.17, 15) is 4.79 Å². The summed E-state index contributed by atoms with van der Waals surface area (Å²) < 4.78 is 5.87. The van der Waals surface area contributed by atoms with Crippen molar-refractivity contribution in [2.75, 3.05) is 41.4 Å². The maximum absolute atomic E-state index is 11.7. The molecule has 1 aromatic heterocycles. The molecule has 9 nitrogen and oxygen atoms in total. The molecule has 0 saturated carbocycles. The number of piperidine rings is 1. The lowest BCUT2D eigenvalue weighted by atomic mass is 9.73. The van der Waals surface area contributed by atoms with Crippen molar-refractivity contribution >= 4 is 28.9 Å². The molecule has 4 aliphatic heterocycles. The highest BCUT2D eigenvalue weighted by Crippen LogP contribution is 2.42. The van der Waals surface area contributed by atoms with Crippen molar-refractivity contribution in [2.24, 2.45) is 16.1 Å². The zero-order valence-corrected chi connectivity index (χ0v) is 20.5. The number of hydrogen-bond acceptors (Lipinski definition) is 8. The van der Waals surface area contributed by atoms with Gasteiger partial charge in [-0.1, -0.05) is 6.07 Å². The van der Waals surface area contributed by atoms with Crippen LogP contribution in [0.25, 0.3) is 0 Å². The molecule has 1 aromatic carbocycles. The van der Waals surface area contributed by atoms with E-state index in [-0.39, 0.29) is 23.5 Å². The summed E-state index contributed by atoms with van der Waals surface area (Å²) in [4.78, 5) is 30.9. The van der Waals surface area contributed by atoms with Gasteiger partial charge in [-0.3, -0.25) is 9.79 Å². The van der Waals surface area contributed by atoms with E-state index in [1.807, 2.05) is 18.3 Å². The monoisotopic (exact) mass is 475 g/mol. The molecule has 2 aromatic rings. The highest BCUT2D eigenvalue weighted by Gasteiger charge is 2.47. The van der Waals surface area contributed by atoms with Gasteiger partial charge in [0.25, 0.3) is 0 Å². The van der Waals surface area contributed by atoms with Crippen LogP contribution in [0.5, 0.6) is 0 Å². The summed E-state index contributed by atoms with van der Waals surface area (Å²) in [5, 5.41) is 2.98. The van der Waals surface area contributed by atoms with Gasteiger partial charge in [0.1, 0.15) is 11.5 Å². The van der Waals surface area contributed by atoms with Gasteiger partial charge in [-0.2, -0.15) is 0 Å². The summed E-state index contributed by atoms with van der Waals surface area (Å²) in [5.74, 6) is 1.74. The molecule has 0 aliphatic carbocycles. The number of carbonyl (C=O) groups excluding carboxylic acids is 1. The summed E-state index contributed by atoms with van der Waals surface area (Å²) in [7, 11) is 0. The molecule has 2 atom stereocenters. The molecule has 6 rings (SSSR count). The number of amidine groups is 1. The number of aromatic nitrogens is 2. The molecule has 1 spiro atoms. The highest BCUT2D eigenvalue weighted by molar-refractivity contribution is 6.11. The first kappa shape index (κ1) is 22.4. The maximum atomic E-state index is 11.7. The Labute approximate surface area is 205 Å². The van der Waals surface area contributed by atoms with E-state index in [0.717, 1.165) is 91.9 Å². The number of nitrogens with zero attached hydrogens (tertiary/aromatic N) is 5. The number of hydrogen-bond donors (Lipinski definition) is 2. The molecule has 2 saturated heterocycles. The third-order valence-corrected chi connectivity index (χ3v) is 8.17. The lowest BCUT2D eigenvalue weighted by molar-refractivity contribution is -0.114. The topological polar surface area (TPSA) is 109 Å². The van der Waals surface area contributed by atoms with E-state index in [1.54, 1.807) is 6.92 Å². The van der Waals surface area contributed by atoms with Crippen LogP contribution in [0.1, 0.15) is 50.1 Å². The number of nitrogens with one attached hydrogen (secondary N) is 1. The number of amides is 1. The molecule has 9 heteroatoms. The second-order valence-electron chi connectivity index (χ2n) is 10.3. The predicted octanol–water partition coefficient (Wildman–Crippen LogP) is 2.48. The number of benzene rings is 1. The number of carbonyl (C=O) groups is 1. The van der Waals surface area contributed by atoms with Crippen LogP contribution in [0, 0.1) is 5.41 Å². The van der Waals surface area contributed by atoms with E-state index < -0.39 is 0 Å². The van der Waals surface area contributed by atoms with E-state index in [0.29, 0.717) is 6.54 Å². The van der Waals surface area contributed by atoms with Crippen LogP contribution in [-0.4, -0.2) is 60.1 Å². The molecular formula is C26H33N7O2.